The Morgan fingerprint density at radius 1 is 1.11 bits per heavy atom. The third kappa shape index (κ3) is 3.19. The molecule has 0 bridgehead atoms. The van der Waals surface area contributed by atoms with E-state index in [-0.39, 0.29) is 40.0 Å². The fourth-order valence-corrected chi connectivity index (χ4v) is 3.21. The zero-order valence-corrected chi connectivity index (χ0v) is 13.8. The second-order valence-corrected chi connectivity index (χ2v) is 6.17. The first kappa shape index (κ1) is 17.6. The van der Waals surface area contributed by atoms with Crippen LogP contribution in [0.15, 0.2) is 36.4 Å². The molecule has 27 heavy (non-hydrogen) atoms. The lowest BCUT2D eigenvalue weighted by atomic mass is 9.92. The van der Waals surface area contributed by atoms with Gasteiger partial charge in [0.2, 0.25) is 0 Å². The summed E-state index contributed by atoms with van der Waals surface area (Å²) < 4.78 is 51.7. The summed E-state index contributed by atoms with van der Waals surface area (Å²) >= 11 is 0. The molecular formula is C18H15F3N2O4. The Kier molecular flexibility index (Phi) is 4.20. The highest BCUT2D eigenvalue weighted by molar-refractivity contribution is 5.88. The Morgan fingerprint density at radius 2 is 1.85 bits per heavy atom. The van der Waals surface area contributed by atoms with Gasteiger partial charge in [0.05, 0.1) is 13.2 Å². The number of aromatic amines is 1. The van der Waals surface area contributed by atoms with Crippen molar-refractivity contribution in [2.45, 2.75) is 18.4 Å². The van der Waals surface area contributed by atoms with Crippen molar-refractivity contribution in [3.05, 3.63) is 47.7 Å². The third-order valence-corrected chi connectivity index (χ3v) is 4.41. The molecule has 1 aromatic heterocycles. The van der Waals surface area contributed by atoms with Crippen molar-refractivity contribution in [2.75, 3.05) is 13.2 Å². The molecule has 4 rings (SSSR count). The number of hydrogen-bond acceptors (Lipinski definition) is 5. The molecule has 9 heteroatoms. The Balaban J connectivity index is 1.87. The van der Waals surface area contributed by atoms with Crippen LogP contribution in [-0.2, 0) is 15.7 Å². The monoisotopic (exact) mass is 380 g/mol. The van der Waals surface area contributed by atoms with E-state index in [0.717, 1.165) is 6.07 Å². The number of H-pyrrole nitrogens is 1. The molecule has 0 amide bonds. The van der Waals surface area contributed by atoms with Crippen molar-refractivity contribution < 1.29 is 32.9 Å². The third-order valence-electron chi connectivity index (χ3n) is 4.41. The fraction of sp³-hybridized carbons (Fsp3) is 0.278. The number of ether oxygens (including phenoxy) is 2. The number of hydrogen-bond donors (Lipinski definition) is 3. The van der Waals surface area contributed by atoms with Crippen molar-refractivity contribution in [3.63, 3.8) is 0 Å². The molecule has 142 valence electrons. The van der Waals surface area contributed by atoms with Gasteiger partial charge in [0.1, 0.15) is 35.1 Å². The van der Waals surface area contributed by atoms with E-state index >= 15 is 0 Å². The second kappa shape index (κ2) is 6.43. The number of aromatic hydroxyl groups is 2. The highest BCUT2D eigenvalue weighted by Gasteiger charge is 2.39. The largest absolute Gasteiger partial charge is 0.508 e. The highest BCUT2D eigenvalue weighted by Crippen LogP contribution is 2.43. The molecule has 1 aromatic carbocycles. The van der Waals surface area contributed by atoms with Gasteiger partial charge in [-0.2, -0.15) is 18.3 Å². The number of halogens is 3. The van der Waals surface area contributed by atoms with Crippen LogP contribution in [0.4, 0.5) is 13.2 Å². The van der Waals surface area contributed by atoms with E-state index in [4.69, 9.17) is 9.47 Å². The summed E-state index contributed by atoms with van der Waals surface area (Å²) in [6.45, 7) is 0.767. The molecule has 2 atom stereocenters. The molecule has 6 nitrogen and oxygen atoms in total. The fourth-order valence-electron chi connectivity index (χ4n) is 3.21. The van der Waals surface area contributed by atoms with Crippen LogP contribution in [0.5, 0.6) is 11.5 Å². The first-order valence-corrected chi connectivity index (χ1v) is 8.16. The average Bonchev–Trinajstić information content (AvgIpc) is 3.06. The number of alkyl halides is 3. The second-order valence-electron chi connectivity index (χ2n) is 6.17. The SMILES string of the molecule is Oc1ccc(-c2n[nH]c(C(F)(F)F)c2C2=CC3OCCOC3C=C2)c(O)c1. The normalized spacial score (nSPS) is 22.4. The Hall–Kier alpha value is -2.78. The van der Waals surface area contributed by atoms with Crippen molar-refractivity contribution in [2.24, 2.45) is 0 Å². The van der Waals surface area contributed by atoms with Gasteiger partial charge in [-0.1, -0.05) is 12.2 Å². The van der Waals surface area contributed by atoms with Crippen molar-refractivity contribution >= 4 is 5.57 Å². The number of nitrogens with one attached hydrogen (secondary N) is 1. The Bertz CT molecular complexity index is 933. The first-order chi connectivity index (χ1) is 12.8. The molecule has 0 spiro atoms. The maximum atomic E-state index is 13.5. The van der Waals surface area contributed by atoms with Gasteiger partial charge >= 0.3 is 6.18 Å². The van der Waals surface area contributed by atoms with Crippen molar-refractivity contribution in [1.29, 1.82) is 0 Å². The van der Waals surface area contributed by atoms with Gasteiger partial charge in [-0.3, -0.25) is 5.10 Å². The van der Waals surface area contributed by atoms with E-state index in [9.17, 15) is 23.4 Å². The first-order valence-electron chi connectivity index (χ1n) is 8.16. The van der Waals surface area contributed by atoms with Crippen LogP contribution in [-0.4, -0.2) is 45.8 Å². The summed E-state index contributed by atoms with van der Waals surface area (Å²) in [7, 11) is 0. The molecule has 0 saturated carbocycles. The van der Waals surface area contributed by atoms with Gasteiger partial charge in [-0.15, -0.1) is 0 Å². The van der Waals surface area contributed by atoms with Crippen LogP contribution in [0.25, 0.3) is 16.8 Å². The quantitative estimate of drug-likeness (QED) is 0.745. The maximum Gasteiger partial charge on any atom is 0.433 e. The molecule has 2 unspecified atom stereocenters. The topological polar surface area (TPSA) is 87.6 Å². The summed E-state index contributed by atoms with van der Waals surface area (Å²) in [5.41, 5.74) is -0.994. The number of benzene rings is 1. The summed E-state index contributed by atoms with van der Waals surface area (Å²) in [5, 5.41) is 25.4. The van der Waals surface area contributed by atoms with Crippen LogP contribution < -0.4 is 0 Å². The minimum Gasteiger partial charge on any atom is -0.508 e. The number of phenolic OH excluding ortho intramolecular Hbond substituents is 2. The predicted octanol–water partition coefficient (Wildman–Crippen LogP) is 3.24. The van der Waals surface area contributed by atoms with Gasteiger partial charge in [-0.05, 0) is 23.8 Å². The Labute approximate surface area is 151 Å². The zero-order valence-electron chi connectivity index (χ0n) is 13.8. The predicted molar refractivity (Wildman–Crippen MR) is 89.0 cm³/mol. The van der Waals surface area contributed by atoms with E-state index in [1.54, 1.807) is 12.2 Å². The summed E-state index contributed by atoms with van der Waals surface area (Å²) in [6, 6.07) is 3.61. The molecule has 2 aromatic rings. The van der Waals surface area contributed by atoms with Gasteiger partial charge in [0.25, 0.3) is 0 Å². The lowest BCUT2D eigenvalue weighted by molar-refractivity contribution is -0.141. The molecule has 2 aliphatic rings. The highest BCUT2D eigenvalue weighted by atomic mass is 19.4. The lowest BCUT2D eigenvalue weighted by Crippen LogP contribution is -2.37. The van der Waals surface area contributed by atoms with E-state index in [2.05, 4.69) is 5.10 Å². The smallest absolute Gasteiger partial charge is 0.433 e. The minimum absolute atomic E-state index is 0.0618. The summed E-state index contributed by atoms with van der Waals surface area (Å²) in [5.74, 6) is -0.594. The number of fused-ring (bicyclic) bond motifs is 1. The average molecular weight is 380 g/mol. The summed E-state index contributed by atoms with van der Waals surface area (Å²) in [4.78, 5) is 0. The lowest BCUT2D eigenvalue weighted by Gasteiger charge is -2.31. The van der Waals surface area contributed by atoms with Crippen LogP contribution in [0.2, 0.25) is 0 Å². The van der Waals surface area contributed by atoms with Crippen LogP contribution >= 0.6 is 0 Å². The minimum atomic E-state index is -4.68. The number of rotatable bonds is 2. The molecule has 1 aliphatic heterocycles. The van der Waals surface area contributed by atoms with Gasteiger partial charge in [-0.25, -0.2) is 0 Å². The van der Waals surface area contributed by atoms with Gasteiger partial charge < -0.3 is 19.7 Å². The number of nitrogens with zero attached hydrogens (tertiary/aromatic N) is 1. The molecule has 2 heterocycles. The van der Waals surface area contributed by atoms with Gasteiger partial charge in [0.15, 0.2) is 0 Å². The molecule has 1 aliphatic carbocycles. The maximum absolute atomic E-state index is 13.5. The molecule has 3 N–H and O–H groups in total. The number of allylic oxidation sites excluding steroid dienone is 2. The Morgan fingerprint density at radius 3 is 2.56 bits per heavy atom. The van der Waals surface area contributed by atoms with E-state index in [1.165, 1.54) is 18.2 Å². The van der Waals surface area contributed by atoms with E-state index in [0.29, 0.717) is 13.2 Å². The molecule has 1 saturated heterocycles. The van der Waals surface area contributed by atoms with Crippen molar-refractivity contribution in [1.82, 2.24) is 10.2 Å². The standard InChI is InChI=1S/C18H15F3N2O4/c19-18(20,21)17-15(9-1-4-13-14(7-9)27-6-5-26-13)16(22-23-17)11-3-2-10(24)8-12(11)25/h1-4,7-8,13-14,24-25H,5-6H2,(H,22,23). The number of aromatic nitrogens is 2. The van der Waals surface area contributed by atoms with Crippen LogP contribution in [0.1, 0.15) is 11.3 Å². The molecule has 1 fully saturated rings. The van der Waals surface area contributed by atoms with Crippen molar-refractivity contribution in [3.8, 4) is 22.8 Å². The van der Waals surface area contributed by atoms with E-state index < -0.39 is 18.0 Å². The number of phenols is 2. The zero-order chi connectivity index (χ0) is 19.2. The van der Waals surface area contributed by atoms with E-state index in [1.807, 2.05) is 5.10 Å². The van der Waals surface area contributed by atoms with Crippen LogP contribution in [0.3, 0.4) is 0 Å². The summed E-state index contributed by atoms with van der Waals surface area (Å²) in [6.07, 6.45) is -0.804. The van der Waals surface area contributed by atoms with Gasteiger partial charge in [0, 0.05) is 17.2 Å². The molecule has 0 radical (unpaired) electrons. The van der Waals surface area contributed by atoms with Crippen LogP contribution in [0, 0.1) is 0 Å². The molecular weight excluding hydrogens is 365 g/mol.